The summed E-state index contributed by atoms with van der Waals surface area (Å²) in [6.07, 6.45) is 3.95. The molecule has 0 bridgehead atoms. The highest BCUT2D eigenvalue weighted by Gasteiger charge is 2.13. The summed E-state index contributed by atoms with van der Waals surface area (Å²) in [6, 6.07) is 7.91. The van der Waals surface area contributed by atoms with Crippen molar-refractivity contribution in [1.82, 2.24) is 4.57 Å². The molecule has 2 aromatic rings. The van der Waals surface area contributed by atoms with Gasteiger partial charge in [-0.2, -0.15) is 0 Å². The fraction of sp³-hybridized carbons (Fsp3) is 0.438. The van der Waals surface area contributed by atoms with Crippen molar-refractivity contribution in [3.8, 4) is 0 Å². The molecule has 96 valence electrons. The summed E-state index contributed by atoms with van der Waals surface area (Å²) >= 11 is 0. The second kappa shape index (κ2) is 5.38. The Bertz CT molecular complexity index is 610. The normalized spacial score (nSPS) is 11.1. The Morgan fingerprint density at radius 2 is 1.72 bits per heavy atom. The van der Waals surface area contributed by atoms with Gasteiger partial charge in [0.15, 0.2) is 5.43 Å². The molecule has 2 nitrogen and oxygen atoms in total. The molecule has 0 saturated heterocycles. The summed E-state index contributed by atoms with van der Waals surface area (Å²) < 4.78 is 2.20. The van der Waals surface area contributed by atoms with Gasteiger partial charge < -0.3 is 4.57 Å². The predicted molar refractivity (Wildman–Crippen MR) is 77.2 cm³/mol. The minimum absolute atomic E-state index is 0.231. The molecule has 0 radical (unpaired) electrons. The molecule has 0 atom stereocenters. The summed E-state index contributed by atoms with van der Waals surface area (Å²) in [4.78, 5) is 12.6. The summed E-state index contributed by atoms with van der Waals surface area (Å²) in [5.41, 5.74) is 3.50. The SMILES string of the molecule is CCCc1c(CCC)n(C)c2ccccc2c1=O. The van der Waals surface area contributed by atoms with Crippen molar-refractivity contribution in [1.29, 1.82) is 0 Å². The molecular formula is C16H21NO. The van der Waals surface area contributed by atoms with E-state index in [1.165, 1.54) is 5.69 Å². The summed E-state index contributed by atoms with van der Waals surface area (Å²) in [5.74, 6) is 0. The average Bonchev–Trinajstić information content (AvgIpc) is 2.40. The van der Waals surface area contributed by atoms with Crippen molar-refractivity contribution in [2.24, 2.45) is 7.05 Å². The van der Waals surface area contributed by atoms with Crippen LogP contribution in [-0.2, 0) is 19.9 Å². The monoisotopic (exact) mass is 243 g/mol. The van der Waals surface area contributed by atoms with Gasteiger partial charge in [0.2, 0.25) is 0 Å². The number of benzene rings is 1. The van der Waals surface area contributed by atoms with E-state index in [1.807, 2.05) is 24.3 Å². The van der Waals surface area contributed by atoms with E-state index in [4.69, 9.17) is 0 Å². The highest BCUT2D eigenvalue weighted by Crippen LogP contribution is 2.17. The molecule has 2 rings (SSSR count). The Balaban J connectivity index is 2.82. The first-order valence-corrected chi connectivity index (χ1v) is 6.80. The second-order valence-electron chi connectivity index (χ2n) is 4.83. The van der Waals surface area contributed by atoms with E-state index in [1.54, 1.807) is 0 Å². The maximum atomic E-state index is 12.6. The van der Waals surface area contributed by atoms with Gasteiger partial charge in [-0.05, 0) is 25.0 Å². The van der Waals surface area contributed by atoms with Crippen LogP contribution < -0.4 is 5.43 Å². The van der Waals surface area contributed by atoms with Crippen LogP contribution in [0, 0.1) is 0 Å². The van der Waals surface area contributed by atoms with Gasteiger partial charge >= 0.3 is 0 Å². The molecule has 18 heavy (non-hydrogen) atoms. The lowest BCUT2D eigenvalue weighted by atomic mass is 10.0. The highest BCUT2D eigenvalue weighted by atomic mass is 16.1. The first-order valence-electron chi connectivity index (χ1n) is 6.80. The third-order valence-electron chi connectivity index (χ3n) is 3.52. The Labute approximate surface area is 108 Å². The van der Waals surface area contributed by atoms with Crippen LogP contribution >= 0.6 is 0 Å². The number of hydrogen-bond donors (Lipinski definition) is 0. The molecule has 0 amide bonds. The van der Waals surface area contributed by atoms with Crippen molar-refractivity contribution in [3.05, 3.63) is 45.7 Å². The van der Waals surface area contributed by atoms with Crippen molar-refractivity contribution < 1.29 is 0 Å². The zero-order valence-electron chi connectivity index (χ0n) is 11.5. The molecule has 0 saturated carbocycles. The zero-order chi connectivity index (χ0) is 13.1. The second-order valence-corrected chi connectivity index (χ2v) is 4.83. The summed E-state index contributed by atoms with van der Waals surface area (Å²) in [7, 11) is 2.08. The smallest absolute Gasteiger partial charge is 0.192 e. The molecular weight excluding hydrogens is 222 g/mol. The number of hydrogen-bond acceptors (Lipinski definition) is 1. The third kappa shape index (κ3) is 2.07. The number of rotatable bonds is 4. The van der Waals surface area contributed by atoms with Gasteiger partial charge in [-0.15, -0.1) is 0 Å². The van der Waals surface area contributed by atoms with Crippen LogP contribution in [-0.4, -0.2) is 4.57 Å². The summed E-state index contributed by atoms with van der Waals surface area (Å²) in [5, 5.41) is 0.850. The Morgan fingerprint density at radius 3 is 2.39 bits per heavy atom. The molecule has 0 fully saturated rings. The molecule has 1 heterocycles. The van der Waals surface area contributed by atoms with Gasteiger partial charge in [0.1, 0.15) is 0 Å². The molecule has 0 aliphatic heterocycles. The number of pyridine rings is 1. The Hall–Kier alpha value is -1.57. The molecule has 1 aromatic carbocycles. The van der Waals surface area contributed by atoms with Gasteiger partial charge in [-0.25, -0.2) is 0 Å². The van der Waals surface area contributed by atoms with E-state index >= 15 is 0 Å². The number of aryl methyl sites for hydroxylation is 1. The topological polar surface area (TPSA) is 22.0 Å². The van der Waals surface area contributed by atoms with Crippen molar-refractivity contribution in [2.45, 2.75) is 39.5 Å². The largest absolute Gasteiger partial charge is 0.347 e. The molecule has 0 N–H and O–H groups in total. The van der Waals surface area contributed by atoms with E-state index in [0.29, 0.717) is 0 Å². The lowest BCUT2D eigenvalue weighted by Gasteiger charge is -2.16. The Kier molecular flexibility index (Phi) is 3.85. The molecule has 0 aliphatic carbocycles. The Morgan fingerprint density at radius 1 is 1.06 bits per heavy atom. The van der Waals surface area contributed by atoms with Gasteiger partial charge in [0, 0.05) is 23.7 Å². The van der Waals surface area contributed by atoms with Crippen LogP contribution in [0.25, 0.3) is 10.9 Å². The number of aromatic nitrogens is 1. The van der Waals surface area contributed by atoms with Crippen LogP contribution in [0.3, 0.4) is 0 Å². The van der Waals surface area contributed by atoms with E-state index in [-0.39, 0.29) is 5.43 Å². The lowest BCUT2D eigenvalue weighted by Crippen LogP contribution is -2.19. The zero-order valence-corrected chi connectivity index (χ0v) is 11.5. The highest BCUT2D eigenvalue weighted by molar-refractivity contribution is 5.80. The quantitative estimate of drug-likeness (QED) is 0.806. The molecule has 0 aliphatic rings. The lowest BCUT2D eigenvalue weighted by molar-refractivity contribution is 0.756. The molecule has 0 spiro atoms. The number of para-hydroxylation sites is 1. The number of nitrogens with zero attached hydrogens (tertiary/aromatic N) is 1. The van der Waals surface area contributed by atoms with Gasteiger partial charge in [-0.1, -0.05) is 38.8 Å². The fourth-order valence-electron chi connectivity index (χ4n) is 2.66. The van der Waals surface area contributed by atoms with Crippen molar-refractivity contribution in [3.63, 3.8) is 0 Å². The molecule has 0 unspecified atom stereocenters. The van der Waals surface area contributed by atoms with E-state index in [2.05, 4.69) is 25.5 Å². The fourth-order valence-corrected chi connectivity index (χ4v) is 2.66. The van der Waals surface area contributed by atoms with E-state index < -0.39 is 0 Å². The molecule has 1 aromatic heterocycles. The minimum Gasteiger partial charge on any atom is -0.347 e. The predicted octanol–water partition coefficient (Wildman–Crippen LogP) is 3.44. The standard InChI is InChI=1S/C16H21NO/c1-4-8-12-14(9-5-2)17(3)15-11-7-6-10-13(15)16(12)18/h6-7,10-11H,4-5,8-9H2,1-3H3. The first kappa shape index (κ1) is 12.9. The number of fused-ring (bicyclic) bond motifs is 1. The van der Waals surface area contributed by atoms with Gasteiger partial charge in [0.25, 0.3) is 0 Å². The van der Waals surface area contributed by atoms with Gasteiger partial charge in [-0.3, -0.25) is 4.79 Å². The van der Waals surface area contributed by atoms with Gasteiger partial charge in [0.05, 0.1) is 5.52 Å². The minimum atomic E-state index is 0.231. The van der Waals surface area contributed by atoms with Crippen LogP contribution in [0.1, 0.15) is 37.9 Å². The van der Waals surface area contributed by atoms with E-state index in [0.717, 1.165) is 42.1 Å². The first-order chi connectivity index (χ1) is 8.70. The van der Waals surface area contributed by atoms with Crippen molar-refractivity contribution >= 4 is 10.9 Å². The average molecular weight is 243 g/mol. The van der Waals surface area contributed by atoms with Crippen molar-refractivity contribution in [2.75, 3.05) is 0 Å². The maximum Gasteiger partial charge on any atom is 0.192 e. The van der Waals surface area contributed by atoms with Crippen LogP contribution in [0.5, 0.6) is 0 Å². The van der Waals surface area contributed by atoms with E-state index in [9.17, 15) is 4.79 Å². The van der Waals surface area contributed by atoms with Crippen LogP contribution in [0.2, 0.25) is 0 Å². The van der Waals surface area contributed by atoms with Crippen LogP contribution in [0.4, 0.5) is 0 Å². The third-order valence-corrected chi connectivity index (χ3v) is 3.52. The molecule has 2 heteroatoms. The maximum absolute atomic E-state index is 12.6. The summed E-state index contributed by atoms with van der Waals surface area (Å²) in [6.45, 7) is 4.29. The van der Waals surface area contributed by atoms with Crippen LogP contribution in [0.15, 0.2) is 29.1 Å².